The maximum Gasteiger partial charge on any atom is 0.475 e. The van der Waals surface area contributed by atoms with E-state index in [0.29, 0.717) is 24.0 Å². The van der Waals surface area contributed by atoms with Gasteiger partial charge in [0.1, 0.15) is 24.8 Å². The zero-order valence-electron chi connectivity index (χ0n) is 39.0. The van der Waals surface area contributed by atoms with Crippen LogP contribution in [0, 0.1) is 17.8 Å². The molecule has 2 aromatic carbocycles. The summed E-state index contributed by atoms with van der Waals surface area (Å²) < 4.78 is 43.3. The van der Waals surface area contributed by atoms with Crippen molar-refractivity contribution in [1.82, 2.24) is 16.0 Å². The van der Waals surface area contributed by atoms with Gasteiger partial charge in [-0.25, -0.2) is 9.36 Å². The van der Waals surface area contributed by atoms with E-state index in [2.05, 4.69) is 22.9 Å². The van der Waals surface area contributed by atoms with E-state index in [1.54, 1.807) is 69.3 Å². The van der Waals surface area contributed by atoms with Gasteiger partial charge >= 0.3 is 19.8 Å². The molecular weight excluding hydrogens is 842 g/mol. The number of aliphatic hydroxyl groups is 1. The third-order valence-corrected chi connectivity index (χ3v) is 13.0. The van der Waals surface area contributed by atoms with Crippen LogP contribution >= 0.6 is 7.82 Å². The molecule has 8 unspecified atom stereocenters. The predicted octanol–water partition coefficient (Wildman–Crippen LogP) is 7.87. The molecule has 1 saturated heterocycles. The highest BCUT2D eigenvalue weighted by Gasteiger charge is 2.42. The Morgan fingerprint density at radius 1 is 0.719 bits per heavy atom. The van der Waals surface area contributed by atoms with Crippen LogP contribution in [0.25, 0.3) is 0 Å². The molecule has 8 atom stereocenters. The molecule has 1 aliphatic rings. The summed E-state index contributed by atoms with van der Waals surface area (Å²) in [5.74, 6) is -6.42. The summed E-state index contributed by atoms with van der Waals surface area (Å²) in [5.41, 5.74) is 1.31. The van der Waals surface area contributed by atoms with E-state index in [0.717, 1.165) is 32.6 Å². The van der Waals surface area contributed by atoms with Crippen LogP contribution in [0.3, 0.4) is 0 Å². The molecule has 358 valence electrons. The van der Waals surface area contributed by atoms with Gasteiger partial charge in [0.15, 0.2) is 6.04 Å². The largest absolute Gasteiger partial charge is 0.475 e. The lowest BCUT2D eigenvalue weighted by Gasteiger charge is -2.32. The van der Waals surface area contributed by atoms with E-state index in [1.165, 1.54) is 52.4 Å². The summed E-state index contributed by atoms with van der Waals surface area (Å²) in [4.78, 5) is 68.4. The number of nitrogens with one attached hydrogen (secondary N) is 3. The average Bonchev–Trinajstić information content (AvgIpc) is 3.27. The number of hydrogen-bond donors (Lipinski definition) is 4. The highest BCUT2D eigenvalue weighted by atomic mass is 31.2. The molecule has 0 spiro atoms. The standard InChI is InChI=1S/C48H74N3O12P/c1-8-9-10-11-12-13-14-15-16-17-24-29-41-34(4)44(53)35(5)45(54)50-42(33(2)3)46(55)51-43(47(56)49-40(48(57)62-41)32-59-37(7)52)36(6)63-64(58,60-30-38-25-20-18-21-26-38)61-31-39-27-22-19-23-28-39/h18-23,25-28,33-36,40-44,53H,8-17,24,29-32H2,1-7H3,(H,49,56)(H,50,54)(H,51,55). The quantitative estimate of drug-likeness (QED) is 0.0451. The lowest BCUT2D eigenvalue weighted by molar-refractivity contribution is -0.162. The average molecular weight is 916 g/mol. The van der Waals surface area contributed by atoms with E-state index in [-0.39, 0.29) is 13.2 Å². The Morgan fingerprint density at radius 2 is 1.20 bits per heavy atom. The minimum atomic E-state index is -4.54. The van der Waals surface area contributed by atoms with Crippen LogP contribution in [0.15, 0.2) is 60.7 Å². The second-order valence-electron chi connectivity index (χ2n) is 17.3. The first-order chi connectivity index (χ1) is 30.5. The molecular formula is C48H74N3O12P. The maximum absolute atomic E-state index is 14.4. The van der Waals surface area contributed by atoms with Crippen molar-refractivity contribution < 1.29 is 56.7 Å². The number of hydrogen-bond acceptors (Lipinski definition) is 12. The summed E-state index contributed by atoms with van der Waals surface area (Å²) in [7, 11) is -4.54. The molecule has 0 aromatic heterocycles. The lowest BCUT2D eigenvalue weighted by Crippen LogP contribution is -2.61. The number of cyclic esters (lactones) is 1. The van der Waals surface area contributed by atoms with Crippen LogP contribution < -0.4 is 16.0 Å². The zero-order chi connectivity index (χ0) is 47.1. The van der Waals surface area contributed by atoms with Gasteiger partial charge in [-0.1, -0.05) is 159 Å². The number of aliphatic hydroxyl groups excluding tert-OH is 1. The maximum atomic E-state index is 14.4. The molecule has 0 bridgehead atoms. The van der Waals surface area contributed by atoms with Crippen LogP contribution in [-0.2, 0) is 64.8 Å². The van der Waals surface area contributed by atoms with Crippen LogP contribution in [0.1, 0.15) is 137 Å². The van der Waals surface area contributed by atoms with Gasteiger partial charge in [-0.2, -0.15) is 0 Å². The van der Waals surface area contributed by atoms with E-state index in [9.17, 15) is 33.6 Å². The summed E-state index contributed by atoms with van der Waals surface area (Å²) in [6, 6.07) is 13.3. The van der Waals surface area contributed by atoms with Crippen LogP contribution in [-0.4, -0.2) is 77.8 Å². The first-order valence-corrected chi connectivity index (χ1v) is 24.6. The highest BCUT2D eigenvalue weighted by molar-refractivity contribution is 7.48. The molecule has 1 heterocycles. The van der Waals surface area contributed by atoms with Crippen molar-refractivity contribution in [2.45, 2.75) is 175 Å². The molecule has 0 radical (unpaired) electrons. The Balaban J connectivity index is 1.94. The van der Waals surface area contributed by atoms with Crippen molar-refractivity contribution in [2.24, 2.45) is 17.8 Å². The molecule has 16 heteroatoms. The van der Waals surface area contributed by atoms with Gasteiger partial charge < -0.3 is 30.5 Å². The molecule has 0 aliphatic carbocycles. The monoisotopic (exact) mass is 916 g/mol. The summed E-state index contributed by atoms with van der Waals surface area (Å²) in [6.45, 7) is 10.3. The van der Waals surface area contributed by atoms with Gasteiger partial charge in [-0.15, -0.1) is 0 Å². The second kappa shape index (κ2) is 28.7. The summed E-state index contributed by atoms with van der Waals surface area (Å²) in [6.07, 6.45) is 8.85. The topological polar surface area (TPSA) is 205 Å². The Bertz CT molecular complexity index is 1720. The number of carbonyl (C=O) groups is 5. The van der Waals surface area contributed by atoms with Gasteiger partial charge in [0, 0.05) is 12.8 Å². The molecule has 1 fully saturated rings. The van der Waals surface area contributed by atoms with Gasteiger partial charge in [-0.05, 0) is 36.8 Å². The molecule has 2 aromatic rings. The van der Waals surface area contributed by atoms with Gasteiger partial charge in [0.2, 0.25) is 17.7 Å². The fourth-order valence-corrected chi connectivity index (χ4v) is 8.75. The van der Waals surface area contributed by atoms with Crippen LogP contribution in [0.2, 0.25) is 0 Å². The molecule has 3 rings (SSSR count). The fraction of sp³-hybridized carbons (Fsp3) is 0.646. The number of unbranched alkanes of at least 4 members (excludes halogenated alkanes) is 10. The SMILES string of the molecule is CCCCCCCCCCCCCC1OC(=O)C(COC(C)=O)NC(=O)C(C(C)OP(=O)(OCc2ccccc2)OCc2ccccc2)NC(=O)C(C(C)C)NC(=O)C(C)C(O)C1C. The highest BCUT2D eigenvalue weighted by Crippen LogP contribution is 2.52. The summed E-state index contributed by atoms with van der Waals surface area (Å²) in [5, 5.41) is 19.5. The van der Waals surface area contributed by atoms with Gasteiger partial charge in [0.25, 0.3) is 0 Å². The predicted molar refractivity (Wildman–Crippen MR) is 243 cm³/mol. The minimum Gasteiger partial charge on any atom is -0.463 e. The van der Waals surface area contributed by atoms with Crippen molar-refractivity contribution >= 4 is 37.5 Å². The Morgan fingerprint density at radius 3 is 1.70 bits per heavy atom. The van der Waals surface area contributed by atoms with Gasteiger partial charge in [-0.3, -0.25) is 32.7 Å². The smallest absolute Gasteiger partial charge is 0.463 e. The fourth-order valence-electron chi connectivity index (χ4n) is 7.41. The Kier molecular flexibility index (Phi) is 24.3. The number of phosphoric ester groups is 1. The van der Waals surface area contributed by atoms with Crippen molar-refractivity contribution in [3.8, 4) is 0 Å². The number of ether oxygens (including phenoxy) is 2. The van der Waals surface area contributed by atoms with Crippen LogP contribution in [0.4, 0.5) is 0 Å². The normalized spacial score (nSPS) is 23.2. The number of benzene rings is 2. The van der Waals surface area contributed by atoms with Gasteiger partial charge in [0.05, 0.1) is 31.3 Å². The van der Waals surface area contributed by atoms with E-state index in [1.807, 2.05) is 12.1 Å². The van der Waals surface area contributed by atoms with Crippen molar-refractivity contribution in [3.05, 3.63) is 71.8 Å². The summed E-state index contributed by atoms with van der Waals surface area (Å²) >= 11 is 0. The molecule has 64 heavy (non-hydrogen) atoms. The molecule has 15 nitrogen and oxygen atoms in total. The number of carbonyl (C=O) groups excluding carboxylic acids is 5. The van der Waals surface area contributed by atoms with Crippen LogP contribution in [0.5, 0.6) is 0 Å². The van der Waals surface area contributed by atoms with Crippen molar-refractivity contribution in [3.63, 3.8) is 0 Å². The van der Waals surface area contributed by atoms with Crippen molar-refractivity contribution in [1.29, 1.82) is 0 Å². The lowest BCUT2D eigenvalue weighted by atomic mass is 9.86. The number of amides is 3. The zero-order valence-corrected chi connectivity index (χ0v) is 39.9. The van der Waals surface area contributed by atoms with E-state index < -0.39 is 98.3 Å². The minimum absolute atomic E-state index is 0.191. The van der Waals surface area contributed by atoms with Crippen molar-refractivity contribution in [2.75, 3.05) is 6.61 Å². The number of phosphoric acid groups is 1. The number of rotatable bonds is 24. The Labute approximate surface area is 380 Å². The number of esters is 2. The molecule has 1 aliphatic heterocycles. The first-order valence-electron chi connectivity index (χ1n) is 23.1. The van der Waals surface area contributed by atoms with E-state index >= 15 is 0 Å². The second-order valence-corrected chi connectivity index (χ2v) is 18.9. The first kappa shape index (κ1) is 54.2. The molecule has 0 saturated carbocycles. The third-order valence-electron chi connectivity index (χ3n) is 11.5. The third kappa shape index (κ3) is 19.1. The Hall–Kier alpha value is -4.14. The van der Waals surface area contributed by atoms with E-state index in [4.69, 9.17) is 23.0 Å². The molecule has 4 N–H and O–H groups in total. The molecule has 3 amide bonds.